The number of amides is 2. The normalized spacial score (nSPS) is 36.0. The van der Waals surface area contributed by atoms with E-state index < -0.39 is 0 Å². The van der Waals surface area contributed by atoms with E-state index in [2.05, 4.69) is 39.2 Å². The first-order valence-electron chi connectivity index (χ1n) is 13.5. The van der Waals surface area contributed by atoms with E-state index in [1.165, 1.54) is 19.3 Å². The fraction of sp³-hybridized carbons (Fsp3) is 0.917. The molecule has 10 nitrogen and oxygen atoms in total. The SMILES string of the molecule is CCOC1CCCC(C2NOC(CCC(=O)NCCCNC3NNC(=O)C4CCCCC34)N2)C1. The van der Waals surface area contributed by atoms with Crippen molar-refractivity contribution in [2.75, 3.05) is 19.7 Å². The van der Waals surface area contributed by atoms with Crippen LogP contribution in [-0.2, 0) is 19.2 Å². The van der Waals surface area contributed by atoms with Crippen molar-refractivity contribution in [3.8, 4) is 0 Å². The number of hydroxylamine groups is 1. The summed E-state index contributed by atoms with van der Waals surface area (Å²) in [6, 6.07) is 0. The Labute approximate surface area is 203 Å². The molecule has 7 atom stereocenters. The van der Waals surface area contributed by atoms with Crippen molar-refractivity contribution in [3.05, 3.63) is 0 Å². The maximum Gasteiger partial charge on any atom is 0.237 e. The van der Waals surface area contributed by atoms with Crippen molar-refractivity contribution in [2.45, 2.75) is 102 Å². The highest BCUT2D eigenvalue weighted by Gasteiger charge is 2.39. The molecule has 7 unspecified atom stereocenters. The average Bonchev–Trinajstić information content (AvgIpc) is 3.34. The molecule has 10 heteroatoms. The third kappa shape index (κ3) is 7.11. The zero-order valence-electron chi connectivity index (χ0n) is 20.6. The lowest BCUT2D eigenvalue weighted by atomic mass is 9.76. The van der Waals surface area contributed by atoms with Gasteiger partial charge in [0.2, 0.25) is 11.8 Å². The number of ether oxygens (including phenoxy) is 1. The van der Waals surface area contributed by atoms with Crippen molar-refractivity contribution >= 4 is 11.8 Å². The molecule has 6 N–H and O–H groups in total. The predicted molar refractivity (Wildman–Crippen MR) is 128 cm³/mol. The second-order valence-electron chi connectivity index (χ2n) is 10.2. The number of rotatable bonds is 11. The first kappa shape index (κ1) is 25.8. The topological polar surface area (TPSA) is 125 Å². The third-order valence-corrected chi connectivity index (χ3v) is 7.85. The Bertz CT molecular complexity index is 665. The zero-order chi connectivity index (χ0) is 23.8. The molecule has 0 bridgehead atoms. The van der Waals surface area contributed by atoms with Gasteiger partial charge < -0.3 is 15.4 Å². The molecule has 0 spiro atoms. The highest BCUT2D eigenvalue weighted by molar-refractivity contribution is 5.79. The lowest BCUT2D eigenvalue weighted by Crippen LogP contribution is -2.64. The van der Waals surface area contributed by atoms with Gasteiger partial charge in [-0.05, 0) is 64.3 Å². The Morgan fingerprint density at radius 3 is 2.91 bits per heavy atom. The zero-order valence-corrected chi connectivity index (χ0v) is 20.6. The largest absolute Gasteiger partial charge is 0.378 e. The van der Waals surface area contributed by atoms with E-state index in [-0.39, 0.29) is 36.3 Å². The van der Waals surface area contributed by atoms with Gasteiger partial charge in [0.05, 0.1) is 18.4 Å². The van der Waals surface area contributed by atoms with Crippen LogP contribution in [0.2, 0.25) is 0 Å². The first-order valence-corrected chi connectivity index (χ1v) is 13.5. The third-order valence-electron chi connectivity index (χ3n) is 7.85. The molecule has 0 aromatic carbocycles. The fourth-order valence-electron chi connectivity index (χ4n) is 6.03. The Hall–Kier alpha value is -1.30. The molecule has 2 saturated carbocycles. The van der Waals surface area contributed by atoms with Crippen LogP contribution < -0.4 is 32.3 Å². The Morgan fingerprint density at radius 2 is 2.03 bits per heavy atom. The summed E-state index contributed by atoms with van der Waals surface area (Å²) in [5, 5.41) is 10.0. The van der Waals surface area contributed by atoms with Gasteiger partial charge in [0, 0.05) is 31.4 Å². The molecule has 34 heavy (non-hydrogen) atoms. The molecule has 4 rings (SSSR count). The van der Waals surface area contributed by atoms with E-state index in [9.17, 15) is 9.59 Å². The van der Waals surface area contributed by atoms with Crippen LogP contribution in [0.3, 0.4) is 0 Å². The molecular weight excluding hydrogens is 436 g/mol. The molecular formula is C24H44N6O4. The summed E-state index contributed by atoms with van der Waals surface area (Å²) in [6.07, 6.45) is 11.3. The molecule has 2 aliphatic heterocycles. The molecule has 4 fully saturated rings. The van der Waals surface area contributed by atoms with E-state index in [4.69, 9.17) is 9.57 Å². The Morgan fingerprint density at radius 1 is 1.15 bits per heavy atom. The molecule has 2 saturated heterocycles. The number of hydrogen-bond donors (Lipinski definition) is 6. The molecule has 4 aliphatic rings. The van der Waals surface area contributed by atoms with Crippen molar-refractivity contribution in [1.82, 2.24) is 32.3 Å². The van der Waals surface area contributed by atoms with Crippen molar-refractivity contribution in [3.63, 3.8) is 0 Å². The van der Waals surface area contributed by atoms with Crippen molar-refractivity contribution < 1.29 is 19.2 Å². The van der Waals surface area contributed by atoms with Crippen LogP contribution in [0.4, 0.5) is 0 Å². The monoisotopic (exact) mass is 480 g/mol. The summed E-state index contributed by atoms with van der Waals surface area (Å²) in [7, 11) is 0. The van der Waals surface area contributed by atoms with Crippen LogP contribution in [-0.4, -0.2) is 56.2 Å². The van der Waals surface area contributed by atoms with Gasteiger partial charge in [0.1, 0.15) is 6.23 Å². The second kappa shape index (κ2) is 13.1. The molecule has 2 amide bonds. The van der Waals surface area contributed by atoms with E-state index in [0.717, 1.165) is 51.7 Å². The molecule has 194 valence electrons. The van der Waals surface area contributed by atoms with Crippen molar-refractivity contribution in [2.24, 2.45) is 17.8 Å². The van der Waals surface area contributed by atoms with Gasteiger partial charge in [-0.3, -0.25) is 25.2 Å². The first-order chi connectivity index (χ1) is 16.6. The highest BCUT2D eigenvalue weighted by atomic mass is 16.7. The van der Waals surface area contributed by atoms with Crippen molar-refractivity contribution in [1.29, 1.82) is 0 Å². The minimum absolute atomic E-state index is 0.0540. The number of carbonyl (C=O) groups is 2. The molecule has 0 aromatic rings. The van der Waals surface area contributed by atoms with Gasteiger partial charge in [-0.1, -0.05) is 19.3 Å². The van der Waals surface area contributed by atoms with E-state index in [1.807, 2.05) is 0 Å². The molecule has 2 aliphatic carbocycles. The maximum absolute atomic E-state index is 12.3. The summed E-state index contributed by atoms with van der Waals surface area (Å²) in [6.45, 7) is 4.25. The lowest BCUT2D eigenvalue weighted by Gasteiger charge is -2.41. The van der Waals surface area contributed by atoms with Gasteiger partial charge in [-0.2, -0.15) is 5.48 Å². The van der Waals surface area contributed by atoms with Crippen LogP contribution in [0.5, 0.6) is 0 Å². The minimum atomic E-state index is -0.138. The summed E-state index contributed by atoms with van der Waals surface area (Å²) >= 11 is 0. The van der Waals surface area contributed by atoms with Gasteiger partial charge in [-0.15, -0.1) is 0 Å². The maximum atomic E-state index is 12.3. The second-order valence-corrected chi connectivity index (χ2v) is 10.2. The Kier molecular flexibility index (Phi) is 9.96. The van der Waals surface area contributed by atoms with Gasteiger partial charge in [0.25, 0.3) is 0 Å². The number of fused-ring (bicyclic) bond motifs is 1. The van der Waals surface area contributed by atoms with Crippen LogP contribution in [0.25, 0.3) is 0 Å². The number of nitrogens with one attached hydrogen (secondary N) is 6. The number of hydrazine groups is 1. The standard InChI is InChI=1S/C24H44N6O4/c1-2-33-17-8-5-7-16(15-17)22-27-21(34-30-22)12-11-20(31)25-13-6-14-26-23-18-9-3-4-10-19(18)24(32)29-28-23/h16-19,21-23,26-28,30H,2-15H2,1H3,(H,25,31)(H,29,32). The number of hydrogen-bond acceptors (Lipinski definition) is 8. The Balaban J connectivity index is 1.05. The quantitative estimate of drug-likeness (QED) is 0.242. The van der Waals surface area contributed by atoms with Crippen LogP contribution in [0.15, 0.2) is 0 Å². The summed E-state index contributed by atoms with van der Waals surface area (Å²) in [5.41, 5.74) is 9.08. The van der Waals surface area contributed by atoms with Gasteiger partial charge in [-0.25, -0.2) is 5.43 Å². The number of carbonyl (C=O) groups excluding carboxylic acids is 2. The molecule has 2 heterocycles. The van der Waals surface area contributed by atoms with Crippen LogP contribution >= 0.6 is 0 Å². The smallest absolute Gasteiger partial charge is 0.237 e. The van der Waals surface area contributed by atoms with E-state index in [0.29, 0.717) is 37.3 Å². The minimum Gasteiger partial charge on any atom is -0.378 e. The van der Waals surface area contributed by atoms with E-state index >= 15 is 0 Å². The summed E-state index contributed by atoms with van der Waals surface area (Å²) in [5.74, 6) is 1.15. The van der Waals surface area contributed by atoms with Crippen LogP contribution in [0.1, 0.15) is 77.6 Å². The fourth-order valence-corrected chi connectivity index (χ4v) is 6.03. The summed E-state index contributed by atoms with van der Waals surface area (Å²) < 4.78 is 5.82. The average molecular weight is 481 g/mol. The van der Waals surface area contributed by atoms with Gasteiger partial charge >= 0.3 is 0 Å². The van der Waals surface area contributed by atoms with Gasteiger partial charge in [0.15, 0.2) is 0 Å². The molecule has 0 aromatic heterocycles. The lowest BCUT2D eigenvalue weighted by molar-refractivity contribution is -0.134. The van der Waals surface area contributed by atoms with Crippen LogP contribution in [0, 0.1) is 17.8 Å². The van der Waals surface area contributed by atoms with E-state index in [1.54, 1.807) is 0 Å². The highest BCUT2D eigenvalue weighted by Crippen LogP contribution is 2.33. The molecule has 0 radical (unpaired) electrons. The predicted octanol–water partition coefficient (Wildman–Crippen LogP) is 1.00. The summed E-state index contributed by atoms with van der Waals surface area (Å²) in [4.78, 5) is 30.0.